The zero-order valence-electron chi connectivity index (χ0n) is 16.0. The fraction of sp³-hybridized carbons (Fsp3) is 0.286. The molecule has 3 rings (SSSR count). The van der Waals surface area contributed by atoms with E-state index in [0.717, 1.165) is 46.6 Å². The minimum atomic E-state index is 0.744. The summed E-state index contributed by atoms with van der Waals surface area (Å²) < 4.78 is 15.9. The molecule has 1 heterocycles. The highest BCUT2D eigenvalue weighted by Crippen LogP contribution is 2.31. The molecule has 0 fully saturated rings. The molecule has 5 nitrogen and oxygen atoms in total. The number of ether oxygens (including phenoxy) is 3. The van der Waals surface area contributed by atoms with Gasteiger partial charge in [0.2, 0.25) is 0 Å². The number of benzene rings is 2. The van der Waals surface area contributed by atoms with Gasteiger partial charge >= 0.3 is 0 Å². The number of hydrogen-bond acceptors (Lipinski definition) is 6. The van der Waals surface area contributed by atoms with E-state index >= 15 is 0 Å². The Kier molecular flexibility index (Phi) is 6.19. The highest BCUT2D eigenvalue weighted by atomic mass is 32.1. The van der Waals surface area contributed by atoms with Crippen molar-refractivity contribution in [1.29, 1.82) is 0 Å². The Balaban J connectivity index is 1.63. The molecular formula is C21H24N2O3S. The zero-order chi connectivity index (χ0) is 19.2. The second kappa shape index (κ2) is 8.77. The average molecular weight is 385 g/mol. The molecule has 1 aromatic heterocycles. The third-order valence-corrected chi connectivity index (χ3v) is 5.23. The molecule has 0 bridgehead atoms. The van der Waals surface area contributed by atoms with E-state index in [9.17, 15) is 0 Å². The van der Waals surface area contributed by atoms with E-state index in [1.54, 1.807) is 32.7 Å². The van der Waals surface area contributed by atoms with Crippen molar-refractivity contribution in [2.24, 2.45) is 0 Å². The van der Waals surface area contributed by atoms with E-state index in [4.69, 9.17) is 19.2 Å². The summed E-state index contributed by atoms with van der Waals surface area (Å²) in [7, 11) is 4.97. The van der Waals surface area contributed by atoms with Crippen LogP contribution in [0.1, 0.15) is 10.4 Å². The van der Waals surface area contributed by atoms with Crippen LogP contribution in [0.5, 0.6) is 17.2 Å². The van der Waals surface area contributed by atoms with Crippen LogP contribution in [0.4, 0.5) is 5.13 Å². The first-order valence-corrected chi connectivity index (χ1v) is 9.53. The number of nitrogens with one attached hydrogen (secondary N) is 1. The van der Waals surface area contributed by atoms with Crippen LogP contribution in [0.25, 0.3) is 11.3 Å². The lowest BCUT2D eigenvalue weighted by molar-refractivity contribution is 0.354. The van der Waals surface area contributed by atoms with E-state index in [1.807, 2.05) is 36.4 Å². The highest BCUT2D eigenvalue weighted by Gasteiger charge is 2.10. The van der Waals surface area contributed by atoms with Gasteiger partial charge in [0.15, 0.2) is 16.6 Å². The first-order chi connectivity index (χ1) is 13.1. The van der Waals surface area contributed by atoms with Crippen molar-refractivity contribution in [2.45, 2.75) is 13.3 Å². The maximum Gasteiger partial charge on any atom is 0.183 e. The fourth-order valence-corrected chi connectivity index (χ4v) is 3.70. The molecule has 2 aromatic carbocycles. The summed E-state index contributed by atoms with van der Waals surface area (Å²) >= 11 is 1.67. The van der Waals surface area contributed by atoms with Gasteiger partial charge in [-0.05, 0) is 55.3 Å². The van der Waals surface area contributed by atoms with Crippen LogP contribution >= 0.6 is 11.3 Å². The van der Waals surface area contributed by atoms with Gasteiger partial charge in [0.05, 0.1) is 27.0 Å². The molecule has 0 amide bonds. The minimum absolute atomic E-state index is 0.744. The van der Waals surface area contributed by atoms with Crippen molar-refractivity contribution in [2.75, 3.05) is 33.2 Å². The second-order valence-corrected chi connectivity index (χ2v) is 7.22. The van der Waals surface area contributed by atoms with Gasteiger partial charge in [0.25, 0.3) is 0 Å². The topological polar surface area (TPSA) is 52.6 Å². The first kappa shape index (κ1) is 19.0. The summed E-state index contributed by atoms with van der Waals surface area (Å²) in [4.78, 5) is 5.94. The number of methoxy groups -OCH3 is 3. The second-order valence-electron chi connectivity index (χ2n) is 6.02. The predicted octanol–water partition coefficient (Wildman–Crippen LogP) is 4.80. The number of thiazole rings is 1. The maximum absolute atomic E-state index is 5.36. The van der Waals surface area contributed by atoms with Crippen LogP contribution in [-0.4, -0.2) is 32.9 Å². The van der Waals surface area contributed by atoms with E-state index in [0.29, 0.717) is 0 Å². The first-order valence-electron chi connectivity index (χ1n) is 8.71. The lowest BCUT2D eigenvalue weighted by atomic mass is 10.1. The van der Waals surface area contributed by atoms with E-state index in [1.165, 1.54) is 10.4 Å². The van der Waals surface area contributed by atoms with Crippen molar-refractivity contribution in [3.63, 3.8) is 0 Å². The summed E-state index contributed by atoms with van der Waals surface area (Å²) in [6.45, 7) is 2.89. The Hall–Kier alpha value is -2.73. The van der Waals surface area contributed by atoms with E-state index in [-0.39, 0.29) is 0 Å². The largest absolute Gasteiger partial charge is 0.497 e. The van der Waals surface area contributed by atoms with Crippen molar-refractivity contribution in [3.05, 3.63) is 52.9 Å². The summed E-state index contributed by atoms with van der Waals surface area (Å²) in [5, 5.41) is 4.35. The Morgan fingerprint density at radius 2 is 1.67 bits per heavy atom. The van der Waals surface area contributed by atoms with Crippen LogP contribution in [0.3, 0.4) is 0 Å². The van der Waals surface area contributed by atoms with E-state index < -0.39 is 0 Å². The van der Waals surface area contributed by atoms with Crippen LogP contribution in [0.2, 0.25) is 0 Å². The molecule has 0 spiro atoms. The molecule has 0 saturated carbocycles. The fourth-order valence-electron chi connectivity index (χ4n) is 2.84. The molecule has 0 atom stereocenters. The molecule has 6 heteroatoms. The molecule has 0 aliphatic carbocycles. The quantitative estimate of drug-likeness (QED) is 0.605. The molecular weight excluding hydrogens is 360 g/mol. The standard InChI is InChI=1S/C21H24N2O3S/c1-14-20(16-6-8-17(24-2)9-7-16)23-21(27-14)22-12-11-15-5-10-18(25-3)19(13-15)26-4/h5-10,13H,11-12H2,1-4H3,(H,22,23). The smallest absolute Gasteiger partial charge is 0.183 e. The molecule has 0 radical (unpaired) electrons. The Labute approximate surface area is 163 Å². The zero-order valence-corrected chi connectivity index (χ0v) is 16.9. The van der Waals surface area contributed by atoms with Crippen molar-refractivity contribution < 1.29 is 14.2 Å². The number of anilines is 1. The summed E-state index contributed by atoms with van der Waals surface area (Å²) in [5.41, 5.74) is 3.29. The normalized spacial score (nSPS) is 10.5. The van der Waals surface area contributed by atoms with Gasteiger partial charge < -0.3 is 19.5 Å². The highest BCUT2D eigenvalue weighted by molar-refractivity contribution is 7.16. The molecule has 27 heavy (non-hydrogen) atoms. The molecule has 1 N–H and O–H groups in total. The Morgan fingerprint density at radius 3 is 2.33 bits per heavy atom. The third kappa shape index (κ3) is 4.52. The van der Waals surface area contributed by atoms with Gasteiger partial charge in [-0.2, -0.15) is 0 Å². The molecule has 142 valence electrons. The van der Waals surface area contributed by atoms with Gasteiger partial charge in [0.1, 0.15) is 5.75 Å². The molecule has 0 aliphatic rings. The Bertz CT molecular complexity index is 891. The number of nitrogens with zero attached hydrogens (tertiary/aromatic N) is 1. The van der Waals surface area contributed by atoms with Gasteiger partial charge in [-0.3, -0.25) is 0 Å². The summed E-state index contributed by atoms with van der Waals surface area (Å²) in [6, 6.07) is 14.0. The number of rotatable bonds is 8. The van der Waals surface area contributed by atoms with Gasteiger partial charge in [0, 0.05) is 17.0 Å². The van der Waals surface area contributed by atoms with Gasteiger partial charge in [-0.15, -0.1) is 11.3 Å². The number of aromatic nitrogens is 1. The van der Waals surface area contributed by atoms with Crippen LogP contribution in [0.15, 0.2) is 42.5 Å². The number of aryl methyl sites for hydroxylation is 1. The summed E-state index contributed by atoms with van der Waals surface area (Å²) in [5.74, 6) is 2.34. The van der Waals surface area contributed by atoms with Gasteiger partial charge in [-0.1, -0.05) is 6.07 Å². The lowest BCUT2D eigenvalue weighted by Gasteiger charge is -2.09. The van der Waals surface area contributed by atoms with Gasteiger partial charge in [-0.25, -0.2) is 4.98 Å². The number of hydrogen-bond donors (Lipinski definition) is 1. The third-order valence-electron chi connectivity index (χ3n) is 4.30. The monoisotopic (exact) mass is 384 g/mol. The van der Waals surface area contributed by atoms with Crippen molar-refractivity contribution in [3.8, 4) is 28.5 Å². The summed E-state index contributed by atoms with van der Waals surface area (Å²) in [6.07, 6.45) is 0.872. The van der Waals surface area contributed by atoms with Crippen molar-refractivity contribution >= 4 is 16.5 Å². The predicted molar refractivity (Wildman–Crippen MR) is 111 cm³/mol. The van der Waals surface area contributed by atoms with Crippen LogP contribution < -0.4 is 19.5 Å². The van der Waals surface area contributed by atoms with E-state index in [2.05, 4.69) is 18.3 Å². The SMILES string of the molecule is COc1ccc(-c2nc(NCCc3ccc(OC)c(OC)c3)sc2C)cc1. The molecule has 0 saturated heterocycles. The minimum Gasteiger partial charge on any atom is -0.497 e. The average Bonchev–Trinajstić information content (AvgIpc) is 3.08. The van der Waals surface area contributed by atoms with Crippen molar-refractivity contribution in [1.82, 2.24) is 4.98 Å². The molecule has 3 aromatic rings. The molecule has 0 unspecified atom stereocenters. The molecule has 0 aliphatic heterocycles. The van der Waals surface area contributed by atoms with Crippen LogP contribution in [-0.2, 0) is 6.42 Å². The Morgan fingerprint density at radius 1 is 0.926 bits per heavy atom. The lowest BCUT2D eigenvalue weighted by Crippen LogP contribution is -2.05. The maximum atomic E-state index is 5.36. The van der Waals surface area contributed by atoms with Crippen LogP contribution in [0, 0.1) is 6.92 Å².